The molecule has 0 atom stereocenters. The number of hydrogen-bond donors (Lipinski definition) is 0. The number of carbonyl (C=O) groups is 2. The third kappa shape index (κ3) is 4.04. The van der Waals surface area contributed by atoms with E-state index >= 15 is 0 Å². The smallest absolute Gasteiger partial charge is 0.282 e. The molecule has 0 unspecified atom stereocenters. The normalized spacial score (nSPS) is 17.0. The zero-order chi connectivity index (χ0) is 22.0. The Bertz CT molecular complexity index is 1030. The predicted molar refractivity (Wildman–Crippen MR) is 113 cm³/mol. The van der Waals surface area contributed by atoms with Gasteiger partial charge in [0.1, 0.15) is 11.4 Å². The highest BCUT2D eigenvalue weighted by molar-refractivity contribution is 6.45. The molecule has 0 bridgehead atoms. The van der Waals surface area contributed by atoms with E-state index in [0.29, 0.717) is 36.7 Å². The van der Waals surface area contributed by atoms with Crippen molar-refractivity contribution in [3.05, 3.63) is 65.4 Å². The number of anilines is 1. The number of piperidine rings is 1. The molecule has 1 saturated heterocycles. The van der Waals surface area contributed by atoms with Crippen LogP contribution >= 0.6 is 0 Å². The van der Waals surface area contributed by atoms with Gasteiger partial charge < -0.3 is 9.64 Å². The Hall–Kier alpha value is -3.22. The minimum Gasteiger partial charge on any atom is -0.494 e. The second kappa shape index (κ2) is 8.88. The van der Waals surface area contributed by atoms with Crippen LogP contribution < -0.4 is 9.64 Å². The molecule has 0 saturated carbocycles. The molecule has 0 radical (unpaired) electrons. The van der Waals surface area contributed by atoms with E-state index in [2.05, 4.69) is 0 Å². The summed E-state index contributed by atoms with van der Waals surface area (Å²) in [5.74, 6) is -2.52. The largest absolute Gasteiger partial charge is 0.494 e. The van der Waals surface area contributed by atoms with E-state index in [4.69, 9.17) is 4.74 Å². The van der Waals surface area contributed by atoms with Crippen LogP contribution in [0.15, 0.2) is 48.2 Å². The van der Waals surface area contributed by atoms with Crippen LogP contribution in [0.3, 0.4) is 0 Å². The minimum atomic E-state index is -1.11. The van der Waals surface area contributed by atoms with Gasteiger partial charge >= 0.3 is 0 Å². The van der Waals surface area contributed by atoms with Gasteiger partial charge in [0.2, 0.25) is 0 Å². The lowest BCUT2D eigenvalue weighted by Gasteiger charge is -2.29. The standard InChI is InChI=1S/C24H24F2N2O3/c1-2-14-31-18-9-6-16(7-10-18)21-22(27-12-4-3-5-13-27)24(30)28(23(21)29)17-8-11-19(25)20(26)15-17/h6-11,15H,2-5,12-14H2,1H3. The van der Waals surface area contributed by atoms with E-state index in [1.807, 2.05) is 11.8 Å². The fraction of sp³-hybridized carbons (Fsp3) is 0.333. The molecule has 0 aromatic heterocycles. The van der Waals surface area contributed by atoms with Gasteiger partial charge in [-0.25, -0.2) is 13.7 Å². The van der Waals surface area contributed by atoms with Crippen LogP contribution in [0.4, 0.5) is 14.5 Å². The van der Waals surface area contributed by atoms with Gasteiger partial charge in [-0.15, -0.1) is 0 Å². The van der Waals surface area contributed by atoms with Crippen molar-refractivity contribution in [2.75, 3.05) is 24.6 Å². The fourth-order valence-corrected chi connectivity index (χ4v) is 3.99. The Balaban J connectivity index is 1.75. The summed E-state index contributed by atoms with van der Waals surface area (Å²) in [6.07, 6.45) is 3.79. The quantitative estimate of drug-likeness (QED) is 0.637. The SMILES string of the molecule is CCCOc1ccc(C2=C(N3CCCCC3)C(=O)N(c3ccc(F)c(F)c3)C2=O)cc1. The molecule has 0 spiro atoms. The zero-order valence-electron chi connectivity index (χ0n) is 17.4. The van der Waals surface area contributed by atoms with Crippen molar-refractivity contribution in [1.29, 1.82) is 0 Å². The first kappa shape index (κ1) is 21.0. The highest BCUT2D eigenvalue weighted by atomic mass is 19.2. The van der Waals surface area contributed by atoms with Gasteiger partial charge in [0.05, 0.1) is 17.9 Å². The maximum Gasteiger partial charge on any atom is 0.282 e. The maximum atomic E-state index is 13.8. The van der Waals surface area contributed by atoms with E-state index in [9.17, 15) is 18.4 Å². The van der Waals surface area contributed by atoms with E-state index < -0.39 is 23.4 Å². The predicted octanol–water partition coefficient (Wildman–Crippen LogP) is 4.52. The molecule has 2 aliphatic heterocycles. The Morgan fingerprint density at radius 3 is 2.26 bits per heavy atom. The lowest BCUT2D eigenvalue weighted by molar-refractivity contribution is -0.120. The molecule has 0 N–H and O–H groups in total. The van der Waals surface area contributed by atoms with E-state index in [0.717, 1.165) is 42.7 Å². The van der Waals surface area contributed by atoms with Crippen LogP contribution in [0.1, 0.15) is 38.2 Å². The highest BCUT2D eigenvalue weighted by Gasteiger charge is 2.42. The van der Waals surface area contributed by atoms with E-state index in [-0.39, 0.29) is 11.3 Å². The van der Waals surface area contributed by atoms with Crippen molar-refractivity contribution in [3.8, 4) is 5.75 Å². The number of halogens is 2. The van der Waals surface area contributed by atoms with Gasteiger partial charge in [0, 0.05) is 19.2 Å². The number of ether oxygens (including phenoxy) is 1. The van der Waals surface area contributed by atoms with Crippen molar-refractivity contribution in [1.82, 2.24) is 4.90 Å². The molecular weight excluding hydrogens is 402 g/mol. The number of imide groups is 1. The molecule has 0 aliphatic carbocycles. The molecule has 2 amide bonds. The number of amides is 2. The summed E-state index contributed by atoms with van der Waals surface area (Å²) in [6.45, 7) is 3.94. The monoisotopic (exact) mass is 426 g/mol. The molecule has 7 heteroatoms. The number of carbonyl (C=O) groups excluding carboxylic acids is 2. The van der Waals surface area contributed by atoms with E-state index in [1.54, 1.807) is 24.3 Å². The van der Waals surface area contributed by atoms with Crippen LogP contribution in [0.25, 0.3) is 5.57 Å². The van der Waals surface area contributed by atoms with Crippen LogP contribution in [-0.2, 0) is 9.59 Å². The molecule has 2 heterocycles. The lowest BCUT2D eigenvalue weighted by atomic mass is 10.0. The first-order valence-corrected chi connectivity index (χ1v) is 10.6. The van der Waals surface area contributed by atoms with Crippen molar-refractivity contribution in [2.24, 2.45) is 0 Å². The van der Waals surface area contributed by atoms with Gasteiger partial charge in [0.15, 0.2) is 11.6 Å². The Morgan fingerprint density at radius 2 is 1.61 bits per heavy atom. The number of nitrogens with zero attached hydrogens (tertiary/aromatic N) is 2. The minimum absolute atomic E-state index is 0.0151. The first-order chi connectivity index (χ1) is 15.0. The fourth-order valence-electron chi connectivity index (χ4n) is 3.99. The molecule has 4 rings (SSSR count). The van der Waals surface area contributed by atoms with Gasteiger partial charge in [-0.05, 0) is 55.5 Å². The Labute approximate surface area is 179 Å². The average Bonchev–Trinajstić information content (AvgIpc) is 3.05. The Morgan fingerprint density at radius 1 is 0.903 bits per heavy atom. The molecule has 31 heavy (non-hydrogen) atoms. The van der Waals surface area contributed by atoms with Crippen LogP contribution in [-0.4, -0.2) is 36.4 Å². The molecule has 2 aliphatic rings. The first-order valence-electron chi connectivity index (χ1n) is 10.6. The third-order valence-electron chi connectivity index (χ3n) is 5.51. The molecule has 162 valence electrons. The van der Waals surface area contributed by atoms with Gasteiger partial charge in [-0.3, -0.25) is 9.59 Å². The van der Waals surface area contributed by atoms with Gasteiger partial charge in [0.25, 0.3) is 11.8 Å². The molecule has 2 aromatic carbocycles. The summed E-state index contributed by atoms with van der Waals surface area (Å²) in [7, 11) is 0. The summed E-state index contributed by atoms with van der Waals surface area (Å²) in [6, 6.07) is 10.1. The molecule has 2 aromatic rings. The van der Waals surface area contributed by atoms with Crippen LogP contribution in [0.5, 0.6) is 5.75 Å². The average molecular weight is 426 g/mol. The third-order valence-corrected chi connectivity index (χ3v) is 5.51. The molecule has 1 fully saturated rings. The zero-order valence-corrected chi connectivity index (χ0v) is 17.4. The maximum absolute atomic E-state index is 13.8. The summed E-state index contributed by atoms with van der Waals surface area (Å²) in [5.41, 5.74) is 1.20. The number of benzene rings is 2. The lowest BCUT2D eigenvalue weighted by Crippen LogP contribution is -2.37. The molecule has 5 nitrogen and oxygen atoms in total. The van der Waals surface area contributed by atoms with Crippen LogP contribution in [0.2, 0.25) is 0 Å². The summed E-state index contributed by atoms with van der Waals surface area (Å²) < 4.78 is 32.9. The topological polar surface area (TPSA) is 49.9 Å². The van der Waals surface area contributed by atoms with Gasteiger partial charge in [-0.1, -0.05) is 19.1 Å². The number of likely N-dealkylation sites (tertiary alicyclic amines) is 1. The van der Waals surface area contributed by atoms with Crippen molar-refractivity contribution in [2.45, 2.75) is 32.6 Å². The van der Waals surface area contributed by atoms with E-state index in [1.165, 1.54) is 6.07 Å². The second-order valence-corrected chi connectivity index (χ2v) is 7.69. The van der Waals surface area contributed by atoms with Crippen LogP contribution in [0, 0.1) is 11.6 Å². The Kier molecular flexibility index (Phi) is 6.02. The molecular formula is C24H24F2N2O3. The van der Waals surface area contributed by atoms with Crippen molar-refractivity contribution in [3.63, 3.8) is 0 Å². The number of hydrogen-bond acceptors (Lipinski definition) is 4. The highest BCUT2D eigenvalue weighted by Crippen LogP contribution is 2.36. The summed E-state index contributed by atoms with van der Waals surface area (Å²) >= 11 is 0. The number of rotatable bonds is 6. The van der Waals surface area contributed by atoms with Crippen molar-refractivity contribution < 1.29 is 23.1 Å². The second-order valence-electron chi connectivity index (χ2n) is 7.69. The summed E-state index contributed by atoms with van der Waals surface area (Å²) in [5, 5.41) is 0. The van der Waals surface area contributed by atoms with Crippen molar-refractivity contribution >= 4 is 23.1 Å². The summed E-state index contributed by atoms with van der Waals surface area (Å²) in [4.78, 5) is 29.6. The van der Waals surface area contributed by atoms with Gasteiger partial charge in [-0.2, -0.15) is 0 Å².